The monoisotopic (exact) mass is 313 g/mol. The van der Waals surface area contributed by atoms with Gasteiger partial charge >= 0.3 is 6.18 Å². The van der Waals surface area contributed by atoms with Crippen LogP contribution < -0.4 is 0 Å². The molecule has 0 amide bonds. The zero-order valence-corrected chi connectivity index (χ0v) is 12.1. The predicted octanol–water partition coefficient (Wildman–Crippen LogP) is 2.61. The molecule has 1 fully saturated rings. The van der Waals surface area contributed by atoms with Gasteiger partial charge in [0.15, 0.2) is 5.60 Å². The highest BCUT2D eigenvalue weighted by molar-refractivity contribution is 5.53. The first-order valence-corrected chi connectivity index (χ1v) is 7.32. The second-order valence-electron chi connectivity index (χ2n) is 5.86. The number of halogens is 3. The lowest BCUT2D eigenvalue weighted by Gasteiger charge is -2.29. The lowest BCUT2D eigenvalue weighted by atomic mass is 9.94. The molecular weight excluding hydrogens is 295 g/mol. The van der Waals surface area contributed by atoms with Crippen molar-refractivity contribution >= 4 is 5.52 Å². The SMILES string of the molecule is OC1(C(F)(F)F)CCCN(Cc2cnn3ccccc23)CC1. The normalized spacial score (nSPS) is 24.5. The molecule has 4 nitrogen and oxygen atoms in total. The van der Waals surface area contributed by atoms with E-state index in [9.17, 15) is 18.3 Å². The summed E-state index contributed by atoms with van der Waals surface area (Å²) < 4.78 is 40.6. The third-order valence-corrected chi connectivity index (χ3v) is 4.33. The molecule has 7 heteroatoms. The summed E-state index contributed by atoms with van der Waals surface area (Å²) in [7, 11) is 0. The zero-order chi connectivity index (χ0) is 15.8. The van der Waals surface area contributed by atoms with Gasteiger partial charge in [-0.1, -0.05) is 6.07 Å². The minimum atomic E-state index is -4.56. The van der Waals surface area contributed by atoms with Crippen LogP contribution in [0.2, 0.25) is 0 Å². The van der Waals surface area contributed by atoms with Gasteiger partial charge in [-0.3, -0.25) is 4.90 Å². The summed E-state index contributed by atoms with van der Waals surface area (Å²) in [5.74, 6) is 0. The van der Waals surface area contributed by atoms with Gasteiger partial charge in [0.1, 0.15) is 0 Å². The zero-order valence-electron chi connectivity index (χ0n) is 12.1. The topological polar surface area (TPSA) is 40.8 Å². The molecule has 1 unspecified atom stereocenters. The Balaban J connectivity index is 1.72. The fraction of sp³-hybridized carbons (Fsp3) is 0.533. The minimum Gasteiger partial charge on any atom is -0.380 e. The molecule has 1 saturated heterocycles. The molecule has 1 atom stereocenters. The number of aliphatic hydroxyl groups is 1. The van der Waals surface area contributed by atoms with Crippen molar-refractivity contribution in [3.63, 3.8) is 0 Å². The van der Waals surface area contributed by atoms with Crippen molar-refractivity contribution in [1.82, 2.24) is 14.5 Å². The van der Waals surface area contributed by atoms with E-state index in [0.29, 0.717) is 19.5 Å². The van der Waals surface area contributed by atoms with Crippen LogP contribution in [0, 0.1) is 0 Å². The summed E-state index contributed by atoms with van der Waals surface area (Å²) in [6, 6.07) is 5.72. The number of pyridine rings is 1. The maximum absolute atomic E-state index is 12.9. The highest BCUT2D eigenvalue weighted by Gasteiger charge is 2.53. The number of rotatable bonds is 2. The molecule has 1 aliphatic rings. The first kappa shape index (κ1) is 15.3. The first-order chi connectivity index (χ1) is 10.4. The Morgan fingerprint density at radius 2 is 2.05 bits per heavy atom. The molecular formula is C15H18F3N3O. The summed E-state index contributed by atoms with van der Waals surface area (Å²) in [5, 5.41) is 14.1. The van der Waals surface area contributed by atoms with Gasteiger partial charge in [-0.2, -0.15) is 18.3 Å². The van der Waals surface area contributed by atoms with E-state index in [2.05, 4.69) is 5.10 Å². The fourth-order valence-corrected chi connectivity index (χ4v) is 2.97. The fourth-order valence-electron chi connectivity index (χ4n) is 2.97. The Hall–Kier alpha value is -1.60. The molecule has 2 aromatic heterocycles. The van der Waals surface area contributed by atoms with Gasteiger partial charge in [0, 0.05) is 24.8 Å². The number of fused-ring (bicyclic) bond motifs is 1. The van der Waals surface area contributed by atoms with E-state index in [0.717, 1.165) is 11.1 Å². The van der Waals surface area contributed by atoms with Crippen LogP contribution in [0.4, 0.5) is 13.2 Å². The molecule has 3 heterocycles. The molecule has 0 saturated carbocycles. The lowest BCUT2D eigenvalue weighted by Crippen LogP contribution is -2.45. The maximum atomic E-state index is 12.9. The van der Waals surface area contributed by atoms with Crippen LogP contribution in [-0.2, 0) is 6.54 Å². The van der Waals surface area contributed by atoms with E-state index < -0.39 is 11.8 Å². The molecule has 22 heavy (non-hydrogen) atoms. The standard InChI is InChI=1S/C15H18F3N3O/c16-15(17,18)14(22)5-3-7-20(9-6-14)11-12-10-19-21-8-2-1-4-13(12)21/h1-2,4,8,10,22H,3,5-7,9,11H2. The van der Waals surface area contributed by atoms with Crippen molar-refractivity contribution in [3.8, 4) is 0 Å². The summed E-state index contributed by atoms with van der Waals surface area (Å²) in [6.45, 7) is 1.31. The molecule has 1 aliphatic heterocycles. The predicted molar refractivity (Wildman–Crippen MR) is 75.3 cm³/mol. The van der Waals surface area contributed by atoms with Gasteiger partial charge in [0.25, 0.3) is 0 Å². The van der Waals surface area contributed by atoms with E-state index in [1.54, 1.807) is 10.7 Å². The number of alkyl halides is 3. The van der Waals surface area contributed by atoms with Gasteiger partial charge in [-0.05, 0) is 37.9 Å². The van der Waals surface area contributed by atoms with Gasteiger partial charge in [0.05, 0.1) is 11.7 Å². The average molecular weight is 313 g/mol. The number of nitrogens with zero attached hydrogens (tertiary/aromatic N) is 3. The van der Waals surface area contributed by atoms with Crippen LogP contribution in [0.25, 0.3) is 5.52 Å². The van der Waals surface area contributed by atoms with Crippen LogP contribution in [-0.4, -0.2) is 44.5 Å². The number of hydrogen-bond donors (Lipinski definition) is 1. The molecule has 0 spiro atoms. The van der Waals surface area contributed by atoms with Crippen LogP contribution >= 0.6 is 0 Å². The van der Waals surface area contributed by atoms with Crippen LogP contribution in [0.3, 0.4) is 0 Å². The highest BCUT2D eigenvalue weighted by atomic mass is 19.4. The molecule has 3 rings (SSSR count). The largest absolute Gasteiger partial charge is 0.417 e. The molecule has 120 valence electrons. The highest BCUT2D eigenvalue weighted by Crippen LogP contribution is 2.38. The van der Waals surface area contributed by atoms with Crippen LogP contribution in [0.5, 0.6) is 0 Å². The molecule has 2 aromatic rings. The summed E-state index contributed by atoms with van der Waals surface area (Å²) in [6.07, 6.45) is -1.17. The van der Waals surface area contributed by atoms with Crippen molar-refractivity contribution in [3.05, 3.63) is 36.2 Å². The van der Waals surface area contributed by atoms with E-state index in [1.165, 1.54) is 0 Å². The Morgan fingerprint density at radius 3 is 2.82 bits per heavy atom. The smallest absolute Gasteiger partial charge is 0.380 e. The van der Waals surface area contributed by atoms with E-state index >= 15 is 0 Å². The van der Waals surface area contributed by atoms with E-state index in [1.807, 2.05) is 29.3 Å². The third kappa shape index (κ3) is 2.83. The number of aromatic nitrogens is 2. The Kier molecular flexibility index (Phi) is 3.86. The average Bonchev–Trinajstić information content (AvgIpc) is 2.76. The maximum Gasteiger partial charge on any atom is 0.417 e. The Bertz CT molecular complexity index is 655. The van der Waals surface area contributed by atoms with Crippen molar-refractivity contribution in [2.45, 2.75) is 37.6 Å². The van der Waals surface area contributed by atoms with Gasteiger partial charge in [-0.15, -0.1) is 0 Å². The third-order valence-electron chi connectivity index (χ3n) is 4.33. The lowest BCUT2D eigenvalue weighted by molar-refractivity contribution is -0.263. The van der Waals surface area contributed by atoms with Gasteiger partial charge in [0.2, 0.25) is 0 Å². The van der Waals surface area contributed by atoms with Gasteiger partial charge in [-0.25, -0.2) is 4.52 Å². The van der Waals surface area contributed by atoms with Crippen molar-refractivity contribution in [2.24, 2.45) is 0 Å². The van der Waals surface area contributed by atoms with Crippen molar-refractivity contribution in [1.29, 1.82) is 0 Å². The molecule has 0 radical (unpaired) electrons. The molecule has 0 aromatic carbocycles. The van der Waals surface area contributed by atoms with Crippen LogP contribution in [0.15, 0.2) is 30.6 Å². The summed E-state index contributed by atoms with van der Waals surface area (Å²) in [4.78, 5) is 1.95. The minimum absolute atomic E-state index is 0.222. The molecule has 0 aliphatic carbocycles. The van der Waals surface area contributed by atoms with E-state index in [-0.39, 0.29) is 19.4 Å². The van der Waals surface area contributed by atoms with Crippen molar-refractivity contribution in [2.75, 3.05) is 13.1 Å². The summed E-state index contributed by atoms with van der Waals surface area (Å²) in [5.41, 5.74) is -0.612. The van der Waals surface area contributed by atoms with E-state index in [4.69, 9.17) is 0 Å². The Labute approximate surface area is 126 Å². The Morgan fingerprint density at radius 1 is 1.23 bits per heavy atom. The molecule has 0 bridgehead atoms. The first-order valence-electron chi connectivity index (χ1n) is 7.32. The summed E-state index contributed by atoms with van der Waals surface area (Å²) >= 11 is 0. The van der Waals surface area contributed by atoms with Crippen molar-refractivity contribution < 1.29 is 18.3 Å². The quantitative estimate of drug-likeness (QED) is 0.926. The number of hydrogen-bond acceptors (Lipinski definition) is 3. The second kappa shape index (κ2) is 5.55. The number of likely N-dealkylation sites (tertiary alicyclic amines) is 1. The van der Waals surface area contributed by atoms with Gasteiger partial charge < -0.3 is 5.11 Å². The second-order valence-corrected chi connectivity index (χ2v) is 5.86. The van der Waals surface area contributed by atoms with Crippen LogP contribution in [0.1, 0.15) is 24.8 Å². The molecule has 1 N–H and O–H groups in total.